The monoisotopic (exact) mass is 284 g/mol. The molecule has 0 aromatic heterocycles. The van der Waals surface area contributed by atoms with Crippen LogP contribution in [0.2, 0.25) is 0 Å². The van der Waals surface area contributed by atoms with E-state index in [4.69, 9.17) is 4.74 Å². The molecule has 3 nitrogen and oxygen atoms in total. The molecular weight excluding hydrogens is 248 g/mol. The van der Waals surface area contributed by atoms with E-state index in [1.807, 2.05) is 0 Å². The molecule has 1 aliphatic rings. The van der Waals surface area contributed by atoms with Crippen LogP contribution in [0.4, 0.5) is 0 Å². The highest BCUT2D eigenvalue weighted by atomic mass is 16.5. The molecule has 0 unspecified atom stereocenters. The molecule has 0 saturated carbocycles. The van der Waals surface area contributed by atoms with Crippen molar-refractivity contribution in [2.24, 2.45) is 16.7 Å². The summed E-state index contributed by atoms with van der Waals surface area (Å²) in [4.78, 5) is 2.52. The molecule has 1 aliphatic heterocycles. The van der Waals surface area contributed by atoms with Gasteiger partial charge in [0.15, 0.2) is 0 Å². The van der Waals surface area contributed by atoms with Gasteiger partial charge in [-0.25, -0.2) is 0 Å². The van der Waals surface area contributed by atoms with Gasteiger partial charge in [0, 0.05) is 32.8 Å². The first-order valence-corrected chi connectivity index (χ1v) is 8.19. The molecule has 0 amide bonds. The van der Waals surface area contributed by atoms with Crippen molar-refractivity contribution in [2.75, 3.05) is 46.4 Å². The molecule has 0 radical (unpaired) electrons. The molecule has 0 aliphatic carbocycles. The fourth-order valence-electron chi connectivity index (χ4n) is 3.26. The third-order valence-electron chi connectivity index (χ3n) is 3.96. The Labute approximate surface area is 126 Å². The Bertz CT molecular complexity index is 265. The summed E-state index contributed by atoms with van der Waals surface area (Å²) in [5.74, 6) is 0.721. The van der Waals surface area contributed by atoms with Crippen LogP contribution >= 0.6 is 0 Å². The maximum atomic E-state index is 5.59. The maximum Gasteiger partial charge on any atom is 0.0472 e. The molecule has 1 rings (SSSR count). The van der Waals surface area contributed by atoms with Gasteiger partial charge in [-0.05, 0) is 43.2 Å². The van der Waals surface area contributed by atoms with E-state index in [2.05, 4.69) is 51.9 Å². The lowest BCUT2D eigenvalue weighted by molar-refractivity contribution is -0.00450. The van der Waals surface area contributed by atoms with E-state index in [1.165, 1.54) is 19.4 Å². The first-order valence-electron chi connectivity index (χ1n) is 8.19. The standard InChI is InChI=1S/C17H36N2O/c1-15(2)11-18-12-17(7-9-20-10-8-17)14-19(6)13-16(3,4)5/h15,18H,7-14H2,1-6H3. The van der Waals surface area contributed by atoms with Crippen LogP contribution in [-0.4, -0.2) is 51.3 Å². The lowest BCUT2D eigenvalue weighted by Gasteiger charge is -2.41. The van der Waals surface area contributed by atoms with Crippen molar-refractivity contribution < 1.29 is 4.74 Å². The summed E-state index contributed by atoms with van der Waals surface area (Å²) in [5, 5.41) is 3.68. The zero-order valence-corrected chi connectivity index (χ0v) is 14.6. The van der Waals surface area contributed by atoms with Gasteiger partial charge in [0.05, 0.1) is 0 Å². The van der Waals surface area contributed by atoms with Crippen LogP contribution in [0.25, 0.3) is 0 Å². The van der Waals surface area contributed by atoms with E-state index >= 15 is 0 Å². The quantitative estimate of drug-likeness (QED) is 0.778. The first kappa shape index (κ1) is 17.9. The van der Waals surface area contributed by atoms with Gasteiger partial charge in [-0.1, -0.05) is 34.6 Å². The van der Waals surface area contributed by atoms with Gasteiger partial charge >= 0.3 is 0 Å². The van der Waals surface area contributed by atoms with Crippen LogP contribution in [0.3, 0.4) is 0 Å². The molecule has 0 atom stereocenters. The highest BCUT2D eigenvalue weighted by Crippen LogP contribution is 2.31. The van der Waals surface area contributed by atoms with Gasteiger partial charge in [0.2, 0.25) is 0 Å². The minimum atomic E-state index is 0.368. The highest BCUT2D eigenvalue weighted by Gasteiger charge is 2.34. The molecule has 0 bridgehead atoms. The Balaban J connectivity index is 2.54. The largest absolute Gasteiger partial charge is 0.381 e. The number of ether oxygens (including phenoxy) is 1. The van der Waals surface area contributed by atoms with Crippen LogP contribution < -0.4 is 5.32 Å². The zero-order valence-electron chi connectivity index (χ0n) is 14.6. The Morgan fingerprint density at radius 2 is 1.80 bits per heavy atom. The summed E-state index contributed by atoms with van der Waals surface area (Å²) in [6.45, 7) is 17.9. The molecule has 1 N–H and O–H groups in total. The highest BCUT2D eigenvalue weighted by molar-refractivity contribution is 4.87. The molecular formula is C17H36N2O. The average molecular weight is 284 g/mol. The summed E-state index contributed by atoms with van der Waals surface area (Å²) in [5.41, 5.74) is 0.763. The van der Waals surface area contributed by atoms with Crippen molar-refractivity contribution in [3.8, 4) is 0 Å². The predicted molar refractivity (Wildman–Crippen MR) is 87.1 cm³/mol. The second-order valence-electron chi connectivity index (χ2n) is 8.37. The van der Waals surface area contributed by atoms with Crippen molar-refractivity contribution in [3.63, 3.8) is 0 Å². The second kappa shape index (κ2) is 7.77. The van der Waals surface area contributed by atoms with E-state index in [-0.39, 0.29) is 0 Å². The molecule has 0 aromatic carbocycles. The van der Waals surface area contributed by atoms with E-state index in [1.54, 1.807) is 0 Å². The molecule has 3 heteroatoms. The molecule has 20 heavy (non-hydrogen) atoms. The van der Waals surface area contributed by atoms with E-state index in [0.29, 0.717) is 10.8 Å². The lowest BCUT2D eigenvalue weighted by atomic mass is 9.79. The molecule has 120 valence electrons. The summed E-state index contributed by atoms with van der Waals surface area (Å²) in [7, 11) is 2.27. The fourth-order valence-corrected chi connectivity index (χ4v) is 3.26. The average Bonchev–Trinajstić information content (AvgIpc) is 2.26. The van der Waals surface area contributed by atoms with Crippen molar-refractivity contribution >= 4 is 0 Å². The van der Waals surface area contributed by atoms with Crippen LogP contribution in [0, 0.1) is 16.7 Å². The minimum Gasteiger partial charge on any atom is -0.381 e. The van der Waals surface area contributed by atoms with Crippen molar-refractivity contribution in [3.05, 3.63) is 0 Å². The van der Waals surface area contributed by atoms with Crippen molar-refractivity contribution in [1.29, 1.82) is 0 Å². The zero-order chi connectivity index (χ0) is 15.2. The number of nitrogens with zero attached hydrogens (tertiary/aromatic N) is 1. The SMILES string of the molecule is CC(C)CNCC1(CN(C)CC(C)(C)C)CCOCC1. The Morgan fingerprint density at radius 3 is 2.30 bits per heavy atom. The van der Waals surface area contributed by atoms with E-state index < -0.39 is 0 Å². The predicted octanol–water partition coefficient (Wildman–Crippen LogP) is 3.01. The number of hydrogen-bond acceptors (Lipinski definition) is 3. The first-order chi connectivity index (χ1) is 9.22. The van der Waals surface area contributed by atoms with Crippen molar-refractivity contribution in [2.45, 2.75) is 47.5 Å². The maximum absolute atomic E-state index is 5.59. The van der Waals surface area contributed by atoms with Crippen LogP contribution in [0.5, 0.6) is 0 Å². The second-order valence-corrected chi connectivity index (χ2v) is 8.37. The Morgan fingerprint density at radius 1 is 1.20 bits per heavy atom. The third-order valence-corrected chi connectivity index (χ3v) is 3.96. The van der Waals surface area contributed by atoms with Gasteiger partial charge in [-0.15, -0.1) is 0 Å². The Kier molecular flexibility index (Phi) is 6.96. The van der Waals surface area contributed by atoms with E-state index in [0.717, 1.165) is 38.8 Å². The summed E-state index contributed by atoms with van der Waals surface area (Å²) < 4.78 is 5.59. The number of hydrogen-bond donors (Lipinski definition) is 1. The van der Waals surface area contributed by atoms with Crippen molar-refractivity contribution in [1.82, 2.24) is 10.2 Å². The van der Waals surface area contributed by atoms with Crippen LogP contribution in [0.15, 0.2) is 0 Å². The van der Waals surface area contributed by atoms with Gasteiger partial charge in [-0.3, -0.25) is 0 Å². The normalized spacial score (nSPS) is 19.8. The Hall–Kier alpha value is -0.120. The van der Waals surface area contributed by atoms with Gasteiger partial charge in [-0.2, -0.15) is 0 Å². The molecule has 1 saturated heterocycles. The van der Waals surface area contributed by atoms with E-state index in [9.17, 15) is 0 Å². The smallest absolute Gasteiger partial charge is 0.0472 e. The van der Waals surface area contributed by atoms with Crippen LogP contribution in [0.1, 0.15) is 47.5 Å². The lowest BCUT2D eigenvalue weighted by Crippen LogP contribution is -2.48. The van der Waals surface area contributed by atoms with Crippen LogP contribution in [-0.2, 0) is 4.74 Å². The molecule has 0 spiro atoms. The molecule has 0 aromatic rings. The summed E-state index contributed by atoms with van der Waals surface area (Å²) in [6, 6.07) is 0. The minimum absolute atomic E-state index is 0.368. The fraction of sp³-hybridized carbons (Fsp3) is 1.00. The number of nitrogens with one attached hydrogen (secondary N) is 1. The molecule has 1 heterocycles. The van der Waals surface area contributed by atoms with Gasteiger partial charge in [0.25, 0.3) is 0 Å². The summed E-state index contributed by atoms with van der Waals surface area (Å²) >= 11 is 0. The van der Waals surface area contributed by atoms with Gasteiger partial charge < -0.3 is 15.0 Å². The topological polar surface area (TPSA) is 24.5 Å². The van der Waals surface area contributed by atoms with Gasteiger partial charge in [0.1, 0.15) is 0 Å². The summed E-state index contributed by atoms with van der Waals surface area (Å²) in [6.07, 6.45) is 2.37. The third kappa shape index (κ3) is 7.05. The number of rotatable bonds is 7. The molecule has 1 fully saturated rings.